The molecule has 0 saturated carbocycles. The molecule has 1 aliphatic carbocycles. The van der Waals surface area contributed by atoms with Gasteiger partial charge in [0.15, 0.2) is 0 Å². The molecule has 342 valence electrons. The van der Waals surface area contributed by atoms with Crippen LogP contribution >= 0.6 is 0 Å². The van der Waals surface area contributed by atoms with Gasteiger partial charge in [-0.15, -0.1) is 0 Å². The Morgan fingerprint density at radius 3 is 1.04 bits per heavy atom. The molecule has 0 heterocycles. The molecule has 0 aliphatic heterocycles. The molecular formula is C63H72N2Si2. The predicted molar refractivity (Wildman–Crippen MR) is 300 cm³/mol. The van der Waals surface area contributed by atoms with Crippen molar-refractivity contribution < 1.29 is 0 Å². The maximum Gasteiger partial charge on any atom is 0.0579 e. The normalized spacial score (nSPS) is 13.6. The number of hydrogen-bond donors (Lipinski definition) is 0. The van der Waals surface area contributed by atoms with Gasteiger partial charge in [0.2, 0.25) is 0 Å². The highest BCUT2D eigenvalue weighted by molar-refractivity contribution is 7.00. The van der Waals surface area contributed by atoms with Gasteiger partial charge in [0.25, 0.3) is 0 Å². The fourth-order valence-electron chi connectivity index (χ4n) is 11.8. The minimum absolute atomic E-state index is 0.0338. The van der Waals surface area contributed by atoms with Crippen molar-refractivity contribution in [3.05, 3.63) is 191 Å². The van der Waals surface area contributed by atoms with Crippen LogP contribution in [-0.4, -0.2) is 16.1 Å². The van der Waals surface area contributed by atoms with Crippen molar-refractivity contribution in [1.82, 2.24) is 0 Å². The Bertz CT molecular complexity index is 2960. The molecule has 0 bridgehead atoms. The van der Waals surface area contributed by atoms with Crippen LogP contribution in [-0.2, 0) is 4.66 Å². The second kappa shape index (κ2) is 17.4. The van der Waals surface area contributed by atoms with Gasteiger partial charge in [-0.05, 0) is 169 Å². The molecule has 9 rings (SSSR count). The van der Waals surface area contributed by atoms with E-state index in [1.165, 1.54) is 89.0 Å². The monoisotopic (exact) mass is 913 g/mol. The third-order valence-electron chi connectivity index (χ3n) is 15.1. The van der Waals surface area contributed by atoms with Crippen LogP contribution < -0.4 is 9.80 Å². The molecule has 0 aromatic heterocycles. The Hall–Kier alpha value is -5.69. The van der Waals surface area contributed by atoms with Crippen molar-refractivity contribution in [2.24, 2.45) is 0 Å². The minimum Gasteiger partial charge on any atom is -0.310 e. The zero-order valence-electron chi connectivity index (χ0n) is 42.7. The van der Waals surface area contributed by atoms with E-state index in [2.05, 4.69) is 262 Å². The molecule has 8 aromatic carbocycles. The molecule has 0 saturated heterocycles. The highest BCUT2D eigenvalue weighted by Crippen LogP contribution is 2.60. The van der Waals surface area contributed by atoms with Crippen molar-refractivity contribution in [1.29, 1.82) is 0 Å². The van der Waals surface area contributed by atoms with E-state index in [1.54, 1.807) is 11.1 Å². The fraction of sp³-hybridized carbons (Fsp3) is 0.302. The van der Waals surface area contributed by atoms with Crippen LogP contribution in [0.3, 0.4) is 0 Å². The molecule has 67 heavy (non-hydrogen) atoms. The fourth-order valence-corrected chi connectivity index (χ4v) is 24.9. The maximum absolute atomic E-state index is 2.64. The van der Waals surface area contributed by atoms with E-state index in [1.807, 2.05) is 0 Å². The lowest BCUT2D eigenvalue weighted by Gasteiger charge is -2.51. The molecule has 4 heteroatoms. The van der Waals surface area contributed by atoms with Crippen molar-refractivity contribution in [2.45, 2.75) is 123 Å². The van der Waals surface area contributed by atoms with Crippen molar-refractivity contribution in [3.8, 4) is 11.1 Å². The Morgan fingerprint density at radius 1 is 0.328 bits per heavy atom. The van der Waals surface area contributed by atoms with Gasteiger partial charge in [-0.1, -0.05) is 174 Å². The largest absolute Gasteiger partial charge is 0.310 e. The highest BCUT2D eigenvalue weighted by atomic mass is 28.4. The SMILES string of the molecule is CC(C)c1ccc(N(c2ccc(C(C)C)cc2)c2ccc3cc4c(cc3c2)C([Si](C)(C)C)([Si](C)(C)C)c2c-4ccc3cc(N(c4ccc(C(C)C)cc4)c4ccc(C(C)C)cc4)ccc23)cc1. The Kier molecular flexibility index (Phi) is 12.1. The number of benzene rings is 8. The summed E-state index contributed by atoms with van der Waals surface area (Å²) in [5.74, 6) is 1.91. The van der Waals surface area contributed by atoms with Crippen LogP contribution in [0.25, 0.3) is 32.7 Å². The smallest absolute Gasteiger partial charge is 0.0579 e. The first-order valence-electron chi connectivity index (χ1n) is 24.9. The van der Waals surface area contributed by atoms with Gasteiger partial charge in [-0.2, -0.15) is 0 Å². The van der Waals surface area contributed by atoms with Gasteiger partial charge in [0.05, 0.1) is 16.1 Å². The first-order valence-corrected chi connectivity index (χ1v) is 31.9. The molecule has 1 aliphatic rings. The topological polar surface area (TPSA) is 6.48 Å². The van der Waals surface area contributed by atoms with E-state index in [0.29, 0.717) is 23.7 Å². The van der Waals surface area contributed by atoms with Crippen LogP contribution in [0.2, 0.25) is 39.3 Å². The summed E-state index contributed by atoms with van der Waals surface area (Å²) < 4.78 is -0.0338. The molecule has 0 spiro atoms. The third kappa shape index (κ3) is 8.08. The zero-order valence-corrected chi connectivity index (χ0v) is 44.7. The van der Waals surface area contributed by atoms with Crippen molar-refractivity contribution >= 4 is 71.8 Å². The lowest BCUT2D eigenvalue weighted by atomic mass is 9.97. The summed E-state index contributed by atoms with van der Waals surface area (Å²) >= 11 is 0. The Labute approximate surface area is 404 Å². The van der Waals surface area contributed by atoms with Gasteiger partial charge in [0.1, 0.15) is 0 Å². The maximum atomic E-state index is 2.64. The van der Waals surface area contributed by atoms with E-state index in [-0.39, 0.29) is 4.66 Å². The molecule has 0 unspecified atom stereocenters. The lowest BCUT2D eigenvalue weighted by molar-refractivity contribution is 0.866. The van der Waals surface area contributed by atoms with Gasteiger partial charge in [0, 0.05) is 38.8 Å². The predicted octanol–water partition coefficient (Wildman–Crippen LogP) is 19.4. The van der Waals surface area contributed by atoms with Crippen molar-refractivity contribution in [3.63, 3.8) is 0 Å². The van der Waals surface area contributed by atoms with Crippen LogP contribution in [0.15, 0.2) is 158 Å². The van der Waals surface area contributed by atoms with Crippen molar-refractivity contribution in [2.75, 3.05) is 9.80 Å². The number of rotatable bonds is 12. The van der Waals surface area contributed by atoms with E-state index >= 15 is 0 Å². The van der Waals surface area contributed by atoms with E-state index in [9.17, 15) is 0 Å². The minimum atomic E-state index is -2.02. The molecule has 2 nitrogen and oxygen atoms in total. The van der Waals surface area contributed by atoms with E-state index < -0.39 is 16.1 Å². The standard InChI is InChI=1S/C63H72N2Si2/c1-41(2)45-15-25-52(26-16-45)64(53-27-17-46(18-28-53)42(3)4)56-33-23-49-39-60-59-35-24-50-37-57(65(54-29-19-47(20-30-54)43(5)6)55-31-21-48(22-32-55)44(7)8)34-36-58(50)62(59)63(66(9,10)11,67(12,13)14)61(60)40-51(49)38-56/h15-44H,1-14H3. The highest BCUT2D eigenvalue weighted by Gasteiger charge is 2.59. The number of fused-ring (bicyclic) bond motifs is 6. The first kappa shape index (κ1) is 46.4. The van der Waals surface area contributed by atoms with Crippen LogP contribution in [0.1, 0.15) is 112 Å². The lowest BCUT2D eigenvalue weighted by Crippen LogP contribution is -2.63. The van der Waals surface area contributed by atoms with Crippen LogP contribution in [0, 0.1) is 0 Å². The Morgan fingerprint density at radius 2 is 0.672 bits per heavy atom. The summed E-state index contributed by atoms with van der Waals surface area (Å²) in [7, 11) is -4.03. The summed E-state index contributed by atoms with van der Waals surface area (Å²) in [5, 5.41) is 5.31. The second-order valence-corrected chi connectivity index (χ2v) is 33.7. The molecule has 0 atom stereocenters. The van der Waals surface area contributed by atoms with E-state index in [0.717, 1.165) is 0 Å². The average Bonchev–Trinajstić information content (AvgIpc) is 3.60. The second-order valence-electron chi connectivity index (χ2n) is 22.7. The van der Waals surface area contributed by atoms with Crippen LogP contribution in [0.5, 0.6) is 0 Å². The first-order chi connectivity index (χ1) is 31.8. The Balaban J connectivity index is 1.22. The molecule has 0 radical (unpaired) electrons. The summed E-state index contributed by atoms with van der Waals surface area (Å²) in [6.45, 7) is 34.0. The molecule has 8 aromatic rings. The third-order valence-corrected chi connectivity index (χ3v) is 25.1. The molecule has 0 N–H and O–H groups in total. The molecule has 0 amide bonds. The molecule has 0 fully saturated rings. The number of anilines is 6. The zero-order chi connectivity index (χ0) is 47.7. The van der Waals surface area contributed by atoms with Gasteiger partial charge in [-0.3, -0.25) is 0 Å². The van der Waals surface area contributed by atoms with E-state index in [4.69, 9.17) is 0 Å². The van der Waals surface area contributed by atoms with Gasteiger partial charge >= 0.3 is 0 Å². The number of nitrogens with zero attached hydrogens (tertiary/aromatic N) is 2. The van der Waals surface area contributed by atoms with Crippen LogP contribution in [0.4, 0.5) is 34.1 Å². The van der Waals surface area contributed by atoms with Gasteiger partial charge in [-0.25, -0.2) is 0 Å². The average molecular weight is 913 g/mol. The number of hydrogen-bond acceptors (Lipinski definition) is 2. The molecular weight excluding hydrogens is 841 g/mol. The quantitative estimate of drug-likeness (QED) is 0.113. The summed E-state index contributed by atoms with van der Waals surface area (Å²) in [4.78, 5) is 4.90. The summed E-state index contributed by atoms with van der Waals surface area (Å²) in [5.41, 5.74) is 18.5. The summed E-state index contributed by atoms with van der Waals surface area (Å²) in [6, 6.07) is 61.4. The summed E-state index contributed by atoms with van der Waals surface area (Å²) in [6.07, 6.45) is 0. The van der Waals surface area contributed by atoms with Gasteiger partial charge < -0.3 is 9.80 Å².